The third kappa shape index (κ3) is 4.79. The van der Waals surface area contributed by atoms with Crippen molar-refractivity contribution in [3.05, 3.63) is 59.7 Å². The van der Waals surface area contributed by atoms with Gasteiger partial charge in [-0.25, -0.2) is 0 Å². The van der Waals surface area contributed by atoms with E-state index in [2.05, 4.69) is 0 Å². The van der Waals surface area contributed by atoms with E-state index in [1.54, 1.807) is 34.1 Å². The Balaban J connectivity index is 1.15. The fourth-order valence-corrected chi connectivity index (χ4v) is 3.94. The molecule has 2 aromatic rings. The van der Waals surface area contributed by atoms with Gasteiger partial charge in [-0.2, -0.15) is 0 Å². The van der Waals surface area contributed by atoms with E-state index < -0.39 is 0 Å². The summed E-state index contributed by atoms with van der Waals surface area (Å²) in [6.45, 7) is 2.65. The lowest BCUT2D eigenvalue weighted by Crippen LogP contribution is -2.36. The van der Waals surface area contributed by atoms with Crippen LogP contribution in [0.4, 0.5) is 0 Å². The first-order chi connectivity index (χ1) is 16.2. The number of nitrogens with zero attached hydrogens (tertiary/aromatic N) is 2. The minimum absolute atomic E-state index is 0.0714. The summed E-state index contributed by atoms with van der Waals surface area (Å²) in [5.41, 5.74) is 1.74. The van der Waals surface area contributed by atoms with Gasteiger partial charge in [0, 0.05) is 38.3 Å². The van der Waals surface area contributed by atoms with E-state index in [1.165, 1.54) is 0 Å². The van der Waals surface area contributed by atoms with E-state index in [-0.39, 0.29) is 25.4 Å². The Kier molecular flexibility index (Phi) is 5.89. The largest absolute Gasteiger partial charge is 0.454 e. The van der Waals surface area contributed by atoms with Crippen molar-refractivity contribution in [1.29, 1.82) is 0 Å². The summed E-state index contributed by atoms with van der Waals surface area (Å²) in [5, 5.41) is 0. The third-order valence-corrected chi connectivity index (χ3v) is 5.75. The zero-order valence-electron chi connectivity index (χ0n) is 18.1. The highest BCUT2D eigenvalue weighted by Crippen LogP contribution is 2.33. The maximum absolute atomic E-state index is 12.7. The molecular formula is C25H24N2O6. The predicted octanol–water partition coefficient (Wildman–Crippen LogP) is 2.93. The van der Waals surface area contributed by atoms with Gasteiger partial charge >= 0.3 is 0 Å². The monoisotopic (exact) mass is 448 g/mol. The lowest BCUT2D eigenvalue weighted by Gasteiger charge is -2.20. The van der Waals surface area contributed by atoms with Gasteiger partial charge in [0.15, 0.2) is 23.0 Å². The quantitative estimate of drug-likeness (QED) is 0.670. The Bertz CT molecular complexity index is 1040. The molecule has 0 bridgehead atoms. The van der Waals surface area contributed by atoms with Gasteiger partial charge < -0.3 is 28.7 Å². The number of hydrogen-bond donors (Lipinski definition) is 0. The minimum Gasteiger partial charge on any atom is -0.454 e. The first-order valence-corrected chi connectivity index (χ1v) is 10.9. The van der Waals surface area contributed by atoms with Crippen LogP contribution in [0.5, 0.6) is 23.0 Å². The molecule has 0 aliphatic carbocycles. The highest BCUT2D eigenvalue weighted by Gasteiger charge is 2.20. The van der Waals surface area contributed by atoms with Crippen LogP contribution in [-0.4, -0.2) is 61.4 Å². The van der Waals surface area contributed by atoms with Crippen LogP contribution in [-0.2, 0) is 9.59 Å². The van der Waals surface area contributed by atoms with Crippen LogP contribution < -0.4 is 18.9 Å². The smallest absolute Gasteiger partial charge is 0.246 e. The third-order valence-electron chi connectivity index (χ3n) is 5.75. The highest BCUT2D eigenvalue weighted by atomic mass is 16.7. The molecule has 0 atom stereocenters. The van der Waals surface area contributed by atoms with Gasteiger partial charge in [-0.15, -0.1) is 0 Å². The molecule has 170 valence electrons. The van der Waals surface area contributed by atoms with Gasteiger partial charge in [-0.3, -0.25) is 9.59 Å². The van der Waals surface area contributed by atoms with Crippen LogP contribution in [0.2, 0.25) is 0 Å². The Hall–Kier alpha value is -3.94. The Labute approximate surface area is 191 Å². The molecule has 33 heavy (non-hydrogen) atoms. The van der Waals surface area contributed by atoms with E-state index in [4.69, 9.17) is 18.9 Å². The number of benzene rings is 2. The fraction of sp³-hybridized carbons (Fsp3) is 0.280. The van der Waals surface area contributed by atoms with Crippen LogP contribution in [0.15, 0.2) is 48.6 Å². The van der Waals surface area contributed by atoms with E-state index in [9.17, 15) is 9.59 Å². The molecule has 8 heteroatoms. The fourth-order valence-electron chi connectivity index (χ4n) is 3.94. The molecule has 1 fully saturated rings. The van der Waals surface area contributed by atoms with Gasteiger partial charge in [-0.05, 0) is 54.0 Å². The first-order valence-electron chi connectivity index (χ1n) is 10.9. The molecule has 5 rings (SSSR count). The molecule has 3 aliphatic rings. The number of carbonyl (C=O) groups is 2. The second-order valence-electron chi connectivity index (χ2n) is 7.90. The maximum atomic E-state index is 12.7. The maximum Gasteiger partial charge on any atom is 0.246 e. The average molecular weight is 448 g/mol. The molecule has 0 radical (unpaired) electrons. The number of amides is 2. The van der Waals surface area contributed by atoms with Crippen molar-refractivity contribution in [3.63, 3.8) is 0 Å². The van der Waals surface area contributed by atoms with Crippen molar-refractivity contribution in [2.45, 2.75) is 6.42 Å². The minimum atomic E-state index is -0.0714. The topological polar surface area (TPSA) is 77.5 Å². The van der Waals surface area contributed by atoms with E-state index in [0.717, 1.165) is 17.5 Å². The van der Waals surface area contributed by atoms with Crippen LogP contribution in [0.3, 0.4) is 0 Å². The van der Waals surface area contributed by atoms with Crippen LogP contribution in [0, 0.1) is 0 Å². The van der Waals surface area contributed by atoms with Crippen molar-refractivity contribution >= 4 is 24.0 Å². The SMILES string of the molecule is O=C(C=Cc1ccc2c(c1)OCO2)N1CCCN(C(=O)C=Cc2ccc3c(c2)OCO3)CC1. The van der Waals surface area contributed by atoms with Crippen LogP contribution in [0.25, 0.3) is 12.2 Å². The lowest BCUT2D eigenvalue weighted by atomic mass is 10.2. The van der Waals surface area contributed by atoms with E-state index >= 15 is 0 Å². The summed E-state index contributed by atoms with van der Waals surface area (Å²) in [7, 11) is 0. The Morgan fingerprint density at radius 1 is 0.636 bits per heavy atom. The molecular weight excluding hydrogens is 424 g/mol. The summed E-state index contributed by atoms with van der Waals surface area (Å²) in [4.78, 5) is 28.9. The molecule has 0 N–H and O–H groups in total. The number of fused-ring (bicyclic) bond motifs is 2. The van der Waals surface area contributed by atoms with Gasteiger partial charge in [0.1, 0.15) is 0 Å². The molecule has 2 aromatic carbocycles. The van der Waals surface area contributed by atoms with Gasteiger partial charge in [0.05, 0.1) is 0 Å². The van der Waals surface area contributed by atoms with Gasteiger partial charge in [0.25, 0.3) is 0 Å². The summed E-state index contributed by atoms with van der Waals surface area (Å²) < 4.78 is 21.4. The summed E-state index contributed by atoms with van der Waals surface area (Å²) in [6, 6.07) is 11.1. The highest BCUT2D eigenvalue weighted by molar-refractivity contribution is 5.93. The summed E-state index contributed by atoms with van der Waals surface area (Å²) in [6.07, 6.45) is 7.40. The second-order valence-corrected chi connectivity index (χ2v) is 7.90. The molecule has 1 saturated heterocycles. The zero-order valence-corrected chi connectivity index (χ0v) is 18.1. The molecule has 2 amide bonds. The molecule has 3 heterocycles. The molecule has 0 spiro atoms. The van der Waals surface area contributed by atoms with Crippen LogP contribution >= 0.6 is 0 Å². The Morgan fingerprint density at radius 3 is 1.58 bits per heavy atom. The van der Waals surface area contributed by atoms with E-state index in [1.807, 2.05) is 36.4 Å². The second kappa shape index (κ2) is 9.28. The molecule has 0 aromatic heterocycles. The zero-order chi connectivity index (χ0) is 22.6. The summed E-state index contributed by atoms with van der Waals surface area (Å²) in [5.74, 6) is 2.65. The number of carbonyl (C=O) groups excluding carboxylic acids is 2. The molecule has 0 saturated carbocycles. The lowest BCUT2D eigenvalue weighted by molar-refractivity contribution is -0.128. The molecule has 3 aliphatic heterocycles. The van der Waals surface area contributed by atoms with E-state index in [0.29, 0.717) is 49.2 Å². The van der Waals surface area contributed by atoms with Gasteiger partial charge in [-0.1, -0.05) is 12.1 Å². The van der Waals surface area contributed by atoms with Crippen molar-refractivity contribution in [1.82, 2.24) is 9.80 Å². The predicted molar refractivity (Wildman–Crippen MR) is 121 cm³/mol. The van der Waals surface area contributed by atoms with Gasteiger partial charge in [0.2, 0.25) is 25.4 Å². The normalized spacial score (nSPS) is 17.1. The number of ether oxygens (including phenoxy) is 4. The number of rotatable bonds is 4. The summed E-state index contributed by atoms with van der Waals surface area (Å²) >= 11 is 0. The van der Waals surface area contributed by atoms with Crippen molar-refractivity contribution in [3.8, 4) is 23.0 Å². The first kappa shape index (κ1) is 20.9. The number of hydrogen-bond acceptors (Lipinski definition) is 6. The standard InChI is InChI=1S/C25H24N2O6/c28-24(8-4-18-2-6-20-22(14-18)32-16-30-20)26-10-1-11-27(13-12-26)25(29)9-5-19-3-7-21-23(15-19)33-17-31-21/h2-9,14-15H,1,10-13,16-17H2. The van der Waals surface area contributed by atoms with Crippen molar-refractivity contribution in [2.24, 2.45) is 0 Å². The van der Waals surface area contributed by atoms with Crippen LogP contribution in [0.1, 0.15) is 17.5 Å². The molecule has 8 nitrogen and oxygen atoms in total. The molecule has 0 unspecified atom stereocenters. The van der Waals surface area contributed by atoms with Crippen molar-refractivity contribution < 1.29 is 28.5 Å². The van der Waals surface area contributed by atoms with Crippen molar-refractivity contribution in [2.75, 3.05) is 39.8 Å². The Morgan fingerprint density at radius 2 is 1.09 bits per heavy atom. The average Bonchev–Trinajstić information content (AvgIpc) is 3.43.